The number of hydrogen-bond acceptors (Lipinski definition) is 16. The van der Waals surface area contributed by atoms with Gasteiger partial charge in [0.25, 0.3) is 11.8 Å². The molecule has 2 fully saturated rings. The highest BCUT2D eigenvalue weighted by Gasteiger charge is 2.40. The summed E-state index contributed by atoms with van der Waals surface area (Å²) < 4.78 is 104. The minimum absolute atomic E-state index is 0.105. The number of fused-ring (bicyclic) bond motifs is 2. The average molecular weight is 1230 g/mol. The van der Waals surface area contributed by atoms with Crippen LogP contribution >= 0.6 is 0 Å². The molecule has 2 heterocycles. The van der Waals surface area contributed by atoms with Crippen LogP contribution in [0.25, 0.3) is 0 Å². The lowest BCUT2D eigenvalue weighted by Crippen LogP contribution is -2.43. The number of likely N-dealkylation sites (tertiary alicyclic amines) is 2. The maximum Gasteiger partial charge on any atom is 0.251 e. The third-order valence-corrected chi connectivity index (χ3v) is 18.8. The molecule has 86 heavy (non-hydrogen) atoms. The SMILES string of the molecule is O=C(NCCOCCOCCOCCNS(=O)(=O)c1ccc(OC2c3ccccc3CC2N2CCCCC2)cc1)c1ccc(C(=O)NCCOCCOCCOCCNS(=O)(=O)c2ccc(OC3c4ccccc4CC3N3CCCCC3)cc2)cc1. The Morgan fingerprint density at radius 2 is 0.721 bits per heavy atom. The van der Waals surface area contributed by atoms with Crippen molar-refractivity contribution in [3.05, 3.63) is 155 Å². The molecular weight excluding hydrogens is 1140 g/mol. The van der Waals surface area contributed by atoms with E-state index in [2.05, 4.69) is 66.3 Å². The van der Waals surface area contributed by atoms with Gasteiger partial charge in [0.15, 0.2) is 0 Å². The number of sulfonamides is 2. The Kier molecular flexibility index (Phi) is 25.2. The van der Waals surface area contributed by atoms with E-state index in [-0.39, 0.29) is 112 Å². The molecule has 5 aromatic carbocycles. The fourth-order valence-electron chi connectivity index (χ4n) is 11.4. The lowest BCUT2D eigenvalue weighted by Gasteiger charge is -2.35. The van der Waals surface area contributed by atoms with Crippen LogP contribution in [0, 0.1) is 0 Å². The summed E-state index contributed by atoms with van der Waals surface area (Å²) in [5, 5.41) is 5.59. The molecule has 2 amide bonds. The van der Waals surface area contributed by atoms with Gasteiger partial charge < -0.3 is 48.5 Å². The van der Waals surface area contributed by atoms with Crippen LogP contribution in [-0.4, -0.2) is 182 Å². The maximum atomic E-state index is 13.0. The molecule has 4 N–H and O–H groups in total. The van der Waals surface area contributed by atoms with Crippen molar-refractivity contribution in [3.63, 3.8) is 0 Å². The first kappa shape index (κ1) is 64.6. The summed E-state index contributed by atoms with van der Waals surface area (Å²) >= 11 is 0. The number of benzene rings is 5. The van der Waals surface area contributed by atoms with Crippen LogP contribution in [-0.2, 0) is 61.3 Å². The second kappa shape index (κ2) is 33.5. The standard InChI is InChI=1S/C64H84N6O14S2/c71-63(65-27-35-77-39-43-81-45-41-79-37-29-67-85(73,74)55-23-19-53(20-24-55)83-61-57-13-5-3-11-51(57)47-59(61)69-31-7-1-8-32-69)49-15-17-50(18-16-49)64(72)66-28-36-78-40-44-82-46-42-80-38-30-68-86(75,76)56-25-21-54(22-26-56)84-62-58-14-6-4-12-52(58)48-60(62)70-33-9-2-10-34-70/h3-6,11-26,59-62,67-68H,1-2,7-10,27-48H2,(H,65,71)(H,66,72). The number of hydrogen-bond donors (Lipinski definition) is 4. The van der Waals surface area contributed by atoms with E-state index in [4.69, 9.17) is 37.9 Å². The first-order chi connectivity index (χ1) is 42.0. The van der Waals surface area contributed by atoms with Crippen molar-refractivity contribution in [2.45, 2.75) is 85.4 Å². The fourth-order valence-corrected chi connectivity index (χ4v) is 13.4. The monoisotopic (exact) mass is 1220 g/mol. The summed E-state index contributed by atoms with van der Waals surface area (Å²) in [5.41, 5.74) is 5.82. The highest BCUT2D eigenvalue weighted by Crippen LogP contribution is 2.41. The van der Waals surface area contributed by atoms with Crippen molar-refractivity contribution in [1.29, 1.82) is 0 Å². The van der Waals surface area contributed by atoms with Crippen LogP contribution in [0.4, 0.5) is 0 Å². The highest BCUT2D eigenvalue weighted by atomic mass is 32.2. The maximum absolute atomic E-state index is 13.0. The molecule has 2 aliphatic heterocycles. The van der Waals surface area contributed by atoms with Crippen molar-refractivity contribution in [2.24, 2.45) is 0 Å². The van der Waals surface area contributed by atoms with Crippen molar-refractivity contribution < 1.29 is 64.3 Å². The molecule has 9 rings (SSSR count). The number of ether oxygens (including phenoxy) is 8. The van der Waals surface area contributed by atoms with E-state index in [1.54, 1.807) is 72.8 Å². The topological polar surface area (TPSA) is 231 Å². The number of rotatable bonds is 36. The van der Waals surface area contributed by atoms with Gasteiger partial charge in [-0.1, -0.05) is 61.4 Å². The van der Waals surface area contributed by atoms with Crippen LogP contribution in [0.1, 0.15) is 93.7 Å². The lowest BCUT2D eigenvalue weighted by atomic mass is 10.0. The van der Waals surface area contributed by atoms with Gasteiger partial charge in [-0.05, 0) is 160 Å². The number of carbonyl (C=O) groups excluding carboxylic acids is 2. The van der Waals surface area contributed by atoms with Crippen molar-refractivity contribution in [1.82, 2.24) is 29.9 Å². The normalized spacial score (nSPS) is 19.0. The number of piperidine rings is 2. The quantitative estimate of drug-likeness (QED) is 0.0324. The van der Waals surface area contributed by atoms with E-state index in [0.29, 0.717) is 62.3 Å². The molecule has 2 aliphatic carbocycles. The van der Waals surface area contributed by atoms with E-state index in [1.165, 1.54) is 60.8 Å². The largest absolute Gasteiger partial charge is 0.484 e. The Balaban J connectivity index is 0.532. The van der Waals surface area contributed by atoms with Gasteiger partial charge in [0.2, 0.25) is 20.0 Å². The Morgan fingerprint density at radius 1 is 0.395 bits per heavy atom. The zero-order chi connectivity index (χ0) is 59.8. The summed E-state index contributed by atoms with van der Waals surface area (Å²) in [7, 11) is -7.48. The Labute approximate surface area is 507 Å². The van der Waals surface area contributed by atoms with Gasteiger partial charge in [-0.2, -0.15) is 0 Å². The number of amides is 2. The van der Waals surface area contributed by atoms with Crippen LogP contribution < -0.4 is 29.6 Å². The third-order valence-electron chi connectivity index (χ3n) is 15.8. The summed E-state index contributed by atoms with van der Waals surface area (Å²) in [6, 6.07) is 36.9. The molecule has 0 saturated carbocycles. The Hall–Kier alpha value is -5.86. The summed E-state index contributed by atoms with van der Waals surface area (Å²) in [5.74, 6) is 0.674. The molecule has 5 aromatic rings. The number of nitrogens with one attached hydrogen (secondary N) is 4. The predicted molar refractivity (Wildman–Crippen MR) is 325 cm³/mol. The molecular formula is C64H84N6O14S2. The number of carbonyl (C=O) groups is 2. The van der Waals surface area contributed by atoms with E-state index < -0.39 is 20.0 Å². The zero-order valence-electron chi connectivity index (χ0n) is 49.1. The second-order valence-corrected chi connectivity index (χ2v) is 25.2. The van der Waals surface area contributed by atoms with Crippen LogP contribution in [0.3, 0.4) is 0 Å². The van der Waals surface area contributed by atoms with E-state index in [9.17, 15) is 26.4 Å². The molecule has 22 heteroatoms. The van der Waals surface area contributed by atoms with Crippen LogP contribution in [0.5, 0.6) is 11.5 Å². The second-order valence-electron chi connectivity index (χ2n) is 21.7. The molecule has 4 aliphatic rings. The fraction of sp³-hybridized carbons (Fsp3) is 0.500. The molecule has 20 nitrogen and oxygen atoms in total. The third kappa shape index (κ3) is 19.1. The minimum atomic E-state index is -3.74. The molecule has 2 saturated heterocycles. The summed E-state index contributed by atoms with van der Waals surface area (Å²) in [6.45, 7) is 8.39. The van der Waals surface area contributed by atoms with Gasteiger partial charge in [0, 0.05) is 37.3 Å². The molecule has 4 unspecified atom stereocenters. The molecule has 466 valence electrons. The van der Waals surface area contributed by atoms with Gasteiger partial charge in [0.1, 0.15) is 23.7 Å². The zero-order valence-corrected chi connectivity index (χ0v) is 50.7. The van der Waals surface area contributed by atoms with Crippen LogP contribution in [0.2, 0.25) is 0 Å². The van der Waals surface area contributed by atoms with Gasteiger partial charge in [0.05, 0.1) is 101 Å². The molecule has 0 aromatic heterocycles. The van der Waals surface area contributed by atoms with E-state index >= 15 is 0 Å². The molecule has 0 radical (unpaired) electrons. The van der Waals surface area contributed by atoms with Gasteiger partial charge >= 0.3 is 0 Å². The van der Waals surface area contributed by atoms with E-state index in [1.807, 2.05) is 12.1 Å². The first-order valence-corrected chi connectivity index (χ1v) is 33.3. The average Bonchev–Trinajstić information content (AvgIpc) is 2.20. The summed E-state index contributed by atoms with van der Waals surface area (Å²) in [6.07, 6.45) is 8.99. The Morgan fingerprint density at radius 3 is 1.08 bits per heavy atom. The van der Waals surface area contributed by atoms with Gasteiger partial charge in [-0.25, -0.2) is 26.3 Å². The van der Waals surface area contributed by atoms with Crippen molar-refractivity contribution in [2.75, 3.05) is 132 Å². The van der Waals surface area contributed by atoms with Gasteiger partial charge in [-0.15, -0.1) is 0 Å². The molecule has 4 atom stereocenters. The van der Waals surface area contributed by atoms with Crippen molar-refractivity contribution >= 4 is 31.9 Å². The van der Waals surface area contributed by atoms with Gasteiger partial charge in [-0.3, -0.25) is 19.4 Å². The van der Waals surface area contributed by atoms with Crippen LogP contribution in [0.15, 0.2) is 131 Å². The van der Waals surface area contributed by atoms with E-state index in [0.717, 1.165) is 39.0 Å². The summed E-state index contributed by atoms with van der Waals surface area (Å²) in [4.78, 5) is 30.7. The minimum Gasteiger partial charge on any atom is -0.484 e. The first-order valence-electron chi connectivity index (χ1n) is 30.3. The smallest absolute Gasteiger partial charge is 0.251 e. The number of nitrogens with zero attached hydrogens (tertiary/aromatic N) is 2. The highest BCUT2D eigenvalue weighted by molar-refractivity contribution is 7.89. The predicted octanol–water partition coefficient (Wildman–Crippen LogP) is 6.26. The molecule has 0 bridgehead atoms. The molecule has 0 spiro atoms. The lowest BCUT2D eigenvalue weighted by molar-refractivity contribution is 0.0162. The van der Waals surface area contributed by atoms with Crippen molar-refractivity contribution in [3.8, 4) is 11.5 Å². The Bertz CT molecular complexity index is 2900.